The summed E-state index contributed by atoms with van der Waals surface area (Å²) in [7, 11) is 0. The largest absolute Gasteiger partial charge is 0.507 e. The van der Waals surface area contributed by atoms with E-state index in [9.17, 15) is 29.7 Å². The van der Waals surface area contributed by atoms with E-state index in [-0.39, 0.29) is 46.5 Å². The molecule has 0 spiro atoms. The SMILES string of the molecule is CCc1cc(C(C)C)c2c(c1O)C(O)=C1C(=O)[C@]3(O)C(=O)C(C(C)=O)=C(C)C[C@@H]3C[C@@H]1C2. The lowest BCUT2D eigenvalue weighted by Gasteiger charge is -2.46. The van der Waals surface area contributed by atoms with Crippen LogP contribution in [-0.2, 0) is 27.2 Å². The van der Waals surface area contributed by atoms with E-state index in [2.05, 4.69) is 0 Å². The molecule has 0 unspecified atom stereocenters. The van der Waals surface area contributed by atoms with E-state index in [1.54, 1.807) is 6.92 Å². The van der Waals surface area contributed by atoms with Gasteiger partial charge in [-0.2, -0.15) is 0 Å². The molecule has 6 heteroatoms. The number of aryl methyl sites for hydroxylation is 1. The van der Waals surface area contributed by atoms with E-state index in [1.165, 1.54) is 6.92 Å². The maximum absolute atomic E-state index is 13.6. The van der Waals surface area contributed by atoms with Crippen LogP contribution in [0.1, 0.15) is 75.6 Å². The van der Waals surface area contributed by atoms with Crippen molar-refractivity contribution in [1.29, 1.82) is 0 Å². The van der Waals surface area contributed by atoms with E-state index in [4.69, 9.17) is 0 Å². The van der Waals surface area contributed by atoms with Gasteiger partial charge in [0.15, 0.2) is 11.4 Å². The van der Waals surface area contributed by atoms with Crippen LogP contribution < -0.4 is 0 Å². The number of phenols is 1. The number of carbonyl (C=O) groups is 3. The van der Waals surface area contributed by atoms with Crippen LogP contribution in [0.15, 0.2) is 22.8 Å². The molecule has 0 bridgehead atoms. The van der Waals surface area contributed by atoms with E-state index < -0.39 is 28.9 Å². The van der Waals surface area contributed by atoms with Crippen molar-refractivity contribution >= 4 is 23.1 Å². The Morgan fingerprint density at radius 1 is 1.19 bits per heavy atom. The summed E-state index contributed by atoms with van der Waals surface area (Å²) in [6.07, 6.45) is 1.60. The highest BCUT2D eigenvalue weighted by Gasteiger charge is 2.60. The maximum Gasteiger partial charge on any atom is 0.206 e. The molecule has 4 rings (SSSR count). The van der Waals surface area contributed by atoms with E-state index >= 15 is 0 Å². The second-order valence-electron chi connectivity index (χ2n) is 9.77. The molecule has 0 aliphatic heterocycles. The van der Waals surface area contributed by atoms with Gasteiger partial charge in [-0.1, -0.05) is 32.4 Å². The quantitative estimate of drug-likeness (QED) is 0.490. The number of benzene rings is 1. The zero-order chi connectivity index (χ0) is 23.7. The molecule has 3 atom stereocenters. The van der Waals surface area contributed by atoms with Crippen LogP contribution >= 0.6 is 0 Å². The third kappa shape index (κ3) is 2.85. The van der Waals surface area contributed by atoms with Crippen LogP contribution in [0.25, 0.3) is 5.76 Å². The third-order valence-electron chi connectivity index (χ3n) is 7.53. The Balaban J connectivity index is 1.94. The number of phenolic OH excluding ortho intramolecular Hbond substituents is 1. The van der Waals surface area contributed by atoms with Crippen molar-refractivity contribution in [3.63, 3.8) is 0 Å². The highest BCUT2D eigenvalue weighted by Crippen LogP contribution is 2.52. The predicted molar refractivity (Wildman–Crippen MR) is 119 cm³/mol. The molecule has 0 heterocycles. The third-order valence-corrected chi connectivity index (χ3v) is 7.53. The zero-order valence-electron chi connectivity index (χ0n) is 19.2. The zero-order valence-corrected chi connectivity index (χ0v) is 19.2. The fraction of sp³-hybridized carbons (Fsp3) is 0.500. The second kappa shape index (κ2) is 7.41. The van der Waals surface area contributed by atoms with Crippen LogP contribution in [0.2, 0.25) is 0 Å². The van der Waals surface area contributed by atoms with Crippen LogP contribution in [0.4, 0.5) is 0 Å². The standard InChI is InChI=1S/C26H30O6/c1-6-14-9-17(11(2)3)18-10-15-8-16-7-12(4)19(13(5)27)24(30)26(16,32)25(31)20(15)23(29)21(18)22(14)28/h9,11,15-16,28-29,32H,6-8,10H2,1-5H3/t15-,16-,26-/m1/s1. The van der Waals surface area contributed by atoms with Gasteiger partial charge in [-0.25, -0.2) is 0 Å². The van der Waals surface area contributed by atoms with Crippen LogP contribution in [-0.4, -0.2) is 38.3 Å². The van der Waals surface area contributed by atoms with E-state index in [0.29, 0.717) is 30.4 Å². The first-order chi connectivity index (χ1) is 14.9. The Morgan fingerprint density at radius 3 is 2.41 bits per heavy atom. The molecule has 6 nitrogen and oxygen atoms in total. The lowest BCUT2D eigenvalue weighted by atomic mass is 9.57. The molecule has 1 saturated carbocycles. The summed E-state index contributed by atoms with van der Waals surface area (Å²) < 4.78 is 0. The Kier molecular flexibility index (Phi) is 5.20. The number of aliphatic hydroxyl groups excluding tert-OH is 1. The summed E-state index contributed by atoms with van der Waals surface area (Å²) in [4.78, 5) is 38.9. The monoisotopic (exact) mass is 438 g/mol. The molecular formula is C26H30O6. The number of fused-ring (bicyclic) bond motifs is 3. The molecule has 32 heavy (non-hydrogen) atoms. The van der Waals surface area contributed by atoms with Crippen molar-refractivity contribution in [2.75, 3.05) is 0 Å². The van der Waals surface area contributed by atoms with Gasteiger partial charge in [-0.3, -0.25) is 14.4 Å². The van der Waals surface area contributed by atoms with Gasteiger partial charge in [-0.05, 0) is 68.1 Å². The molecule has 3 aliphatic carbocycles. The van der Waals surface area contributed by atoms with Crippen molar-refractivity contribution in [2.45, 2.75) is 71.8 Å². The fourth-order valence-corrected chi connectivity index (χ4v) is 5.96. The lowest BCUT2D eigenvalue weighted by Crippen LogP contribution is -2.61. The Hall–Kier alpha value is -2.73. The number of carbonyl (C=O) groups excluding carboxylic acids is 3. The Bertz CT molecular complexity index is 1140. The summed E-state index contributed by atoms with van der Waals surface area (Å²) >= 11 is 0. The lowest BCUT2D eigenvalue weighted by molar-refractivity contribution is -0.157. The van der Waals surface area contributed by atoms with Gasteiger partial charge in [0.05, 0.1) is 11.1 Å². The van der Waals surface area contributed by atoms with Crippen molar-refractivity contribution in [1.82, 2.24) is 0 Å². The number of hydrogen-bond donors (Lipinski definition) is 3. The topological polar surface area (TPSA) is 112 Å². The van der Waals surface area contributed by atoms with Crippen molar-refractivity contribution in [2.24, 2.45) is 11.8 Å². The highest BCUT2D eigenvalue weighted by atomic mass is 16.3. The minimum absolute atomic E-state index is 0.00897. The first-order valence-electron chi connectivity index (χ1n) is 11.3. The molecule has 1 aromatic carbocycles. The number of ketones is 3. The maximum atomic E-state index is 13.6. The average Bonchev–Trinajstić information content (AvgIpc) is 2.70. The fourth-order valence-electron chi connectivity index (χ4n) is 5.96. The van der Waals surface area contributed by atoms with Gasteiger partial charge < -0.3 is 15.3 Å². The first kappa shape index (κ1) is 22.5. The van der Waals surface area contributed by atoms with Gasteiger partial charge >= 0.3 is 0 Å². The van der Waals surface area contributed by atoms with E-state index in [0.717, 1.165) is 11.1 Å². The minimum Gasteiger partial charge on any atom is -0.507 e. The van der Waals surface area contributed by atoms with Crippen LogP contribution in [0.3, 0.4) is 0 Å². The number of aliphatic hydroxyl groups is 2. The molecule has 3 aliphatic rings. The van der Waals surface area contributed by atoms with Crippen LogP contribution in [0.5, 0.6) is 5.75 Å². The minimum atomic E-state index is -2.36. The molecule has 170 valence electrons. The molecule has 1 fully saturated rings. The second-order valence-corrected chi connectivity index (χ2v) is 9.77. The molecule has 0 aromatic heterocycles. The molecule has 0 radical (unpaired) electrons. The number of rotatable bonds is 3. The number of allylic oxidation sites excluding steroid dienone is 1. The molecule has 0 saturated heterocycles. The van der Waals surface area contributed by atoms with Gasteiger partial charge in [0.2, 0.25) is 11.6 Å². The molecular weight excluding hydrogens is 408 g/mol. The summed E-state index contributed by atoms with van der Waals surface area (Å²) in [6, 6.07) is 1.97. The van der Waals surface area contributed by atoms with Crippen molar-refractivity contribution < 1.29 is 29.7 Å². The predicted octanol–water partition coefficient (Wildman–Crippen LogP) is 3.72. The number of hydrogen-bond acceptors (Lipinski definition) is 6. The average molecular weight is 439 g/mol. The van der Waals surface area contributed by atoms with Crippen LogP contribution in [0, 0.1) is 11.8 Å². The molecule has 1 aromatic rings. The normalized spacial score (nSPS) is 27.5. The smallest absolute Gasteiger partial charge is 0.206 e. The summed E-state index contributed by atoms with van der Waals surface area (Å²) in [5.74, 6) is -3.48. The first-order valence-corrected chi connectivity index (χ1v) is 11.3. The van der Waals surface area contributed by atoms with Crippen molar-refractivity contribution in [3.05, 3.63) is 45.0 Å². The van der Waals surface area contributed by atoms with E-state index in [1.807, 2.05) is 26.8 Å². The number of aromatic hydroxyl groups is 1. The van der Waals surface area contributed by atoms with Gasteiger partial charge in [-0.15, -0.1) is 0 Å². The van der Waals surface area contributed by atoms with Gasteiger partial charge in [0.25, 0.3) is 0 Å². The number of Topliss-reactive ketones (excluding diaryl/α,β-unsaturated/α-hetero) is 3. The van der Waals surface area contributed by atoms with Gasteiger partial charge in [0, 0.05) is 11.5 Å². The van der Waals surface area contributed by atoms with Gasteiger partial charge in [0.1, 0.15) is 11.5 Å². The highest BCUT2D eigenvalue weighted by molar-refractivity contribution is 6.33. The Labute approximate surface area is 187 Å². The summed E-state index contributed by atoms with van der Waals surface area (Å²) in [5, 5.41) is 33.5. The molecule has 0 amide bonds. The summed E-state index contributed by atoms with van der Waals surface area (Å²) in [6.45, 7) is 8.94. The summed E-state index contributed by atoms with van der Waals surface area (Å²) in [5.41, 5.74) is 0.833. The van der Waals surface area contributed by atoms with Crippen molar-refractivity contribution in [3.8, 4) is 5.75 Å². The Morgan fingerprint density at radius 2 is 1.84 bits per heavy atom. The molecule has 3 N–H and O–H groups in total.